The van der Waals surface area contributed by atoms with E-state index in [9.17, 15) is 0 Å². The van der Waals surface area contributed by atoms with E-state index in [-0.39, 0.29) is 29.1 Å². The molecule has 5 heterocycles. The first-order valence-corrected chi connectivity index (χ1v) is 38.6. The third-order valence-corrected chi connectivity index (χ3v) is 29.6. The number of rotatable bonds is 4. The minimum atomic E-state index is -0.363. The molecule has 4 spiro atoms. The maximum Gasteiger partial charge on any atom is 0.252 e. The van der Waals surface area contributed by atoms with Gasteiger partial charge in [0, 0.05) is 44.9 Å². The standard InChI is InChI=1S/C89H102BN3O2/c1-12-59-36-63-41-64(37-59)86(48-63)73-44-77-79(46-75(73)87(94-86)56(9)33-60-25-51(4)28-65(87)38-60)91(68-19-15-13-16-20-68)81-42-70(93-84-54(7)23-49(2)31-71(84)72-32-50(3)24-55(8)85(72)93)43-82-83(81)90(77)78-45-74-76(47-80(78)92(82)69-21-17-14-18-22-69)89(58(11)35-62-27-53(6)30-67(89)40-62)95-88(74)57(10)34-61-26-52(5)29-66(88)39-61/h13-24,31-32,42-47,51-53,56-67H,12,25-30,33-41,48H2,1-11H3. The van der Waals surface area contributed by atoms with Crippen LogP contribution in [0, 0.1) is 116 Å². The zero-order chi connectivity index (χ0) is 64.2. The van der Waals surface area contributed by atoms with Gasteiger partial charge in [-0.25, -0.2) is 0 Å². The first-order chi connectivity index (χ1) is 46.0. The summed E-state index contributed by atoms with van der Waals surface area (Å²) < 4.78 is 20.4. The van der Waals surface area contributed by atoms with Crippen molar-refractivity contribution in [3.8, 4) is 5.69 Å². The molecular formula is C89H102BN3O2. The first kappa shape index (κ1) is 59.0. The van der Waals surface area contributed by atoms with Crippen molar-refractivity contribution in [3.63, 3.8) is 0 Å². The Morgan fingerprint density at radius 3 is 1.34 bits per heavy atom. The van der Waals surface area contributed by atoms with Crippen LogP contribution >= 0.6 is 0 Å². The van der Waals surface area contributed by atoms with Gasteiger partial charge in [-0.1, -0.05) is 127 Å². The van der Waals surface area contributed by atoms with Gasteiger partial charge in [0.15, 0.2) is 0 Å². The van der Waals surface area contributed by atoms with Crippen molar-refractivity contribution in [3.05, 3.63) is 166 Å². The van der Waals surface area contributed by atoms with Crippen LogP contribution in [-0.4, -0.2) is 11.3 Å². The van der Waals surface area contributed by atoms with E-state index in [0.717, 1.165) is 23.7 Å². The van der Waals surface area contributed by atoms with E-state index in [1.807, 2.05) is 0 Å². The quantitative estimate of drug-likeness (QED) is 0.164. The van der Waals surface area contributed by atoms with Crippen molar-refractivity contribution in [1.82, 2.24) is 4.57 Å². The van der Waals surface area contributed by atoms with E-state index in [4.69, 9.17) is 9.47 Å². The summed E-state index contributed by atoms with van der Waals surface area (Å²) >= 11 is 0. The summed E-state index contributed by atoms with van der Waals surface area (Å²) in [6.07, 6.45) is 21.9. The summed E-state index contributed by atoms with van der Waals surface area (Å²) in [7, 11) is 0. The van der Waals surface area contributed by atoms with Crippen LogP contribution in [0.5, 0.6) is 0 Å². The van der Waals surface area contributed by atoms with Gasteiger partial charge in [-0.2, -0.15) is 0 Å². The first-order valence-electron chi connectivity index (χ1n) is 38.6. The Morgan fingerprint density at radius 1 is 0.411 bits per heavy atom. The van der Waals surface area contributed by atoms with Gasteiger partial charge >= 0.3 is 0 Å². The third-order valence-electron chi connectivity index (χ3n) is 29.6. The van der Waals surface area contributed by atoms with Crippen LogP contribution in [0.15, 0.2) is 121 Å². The average Bonchev–Trinajstić information content (AvgIpc) is 1.61. The summed E-state index contributed by atoms with van der Waals surface area (Å²) in [4.78, 5) is 5.60. The van der Waals surface area contributed by atoms with Gasteiger partial charge in [0.2, 0.25) is 0 Å². The van der Waals surface area contributed by atoms with E-state index >= 15 is 0 Å². The molecule has 4 aliphatic heterocycles. The van der Waals surface area contributed by atoms with Crippen molar-refractivity contribution in [1.29, 1.82) is 0 Å². The molecule has 488 valence electrons. The second kappa shape index (κ2) is 20.5. The highest BCUT2D eigenvalue weighted by atomic mass is 16.5. The van der Waals surface area contributed by atoms with Crippen molar-refractivity contribution >= 4 is 79.0 Å². The lowest BCUT2D eigenvalue weighted by atomic mass is 9.33. The van der Waals surface area contributed by atoms with Crippen LogP contribution in [-0.2, 0) is 31.9 Å². The van der Waals surface area contributed by atoms with Crippen LogP contribution < -0.4 is 26.2 Å². The van der Waals surface area contributed by atoms with Gasteiger partial charge < -0.3 is 23.8 Å². The normalized spacial score (nSPS) is 37.3. The van der Waals surface area contributed by atoms with Crippen molar-refractivity contribution in [2.24, 2.45) is 88.8 Å². The Hall–Kier alpha value is -6.08. The number of para-hydroxylation sites is 2. The Kier molecular flexibility index (Phi) is 12.7. The van der Waals surface area contributed by atoms with Crippen LogP contribution in [0.2, 0.25) is 0 Å². The second-order valence-electron chi connectivity index (χ2n) is 35.6. The molecule has 95 heavy (non-hydrogen) atoms. The lowest BCUT2D eigenvalue weighted by molar-refractivity contribution is -0.272. The molecule has 8 saturated carbocycles. The molecule has 8 bridgehead atoms. The highest BCUT2D eigenvalue weighted by Gasteiger charge is 2.70. The fraction of sp³-hybridized carbons (Fsp3) is 0.528. The Morgan fingerprint density at radius 2 is 0.853 bits per heavy atom. The van der Waals surface area contributed by atoms with Crippen molar-refractivity contribution < 1.29 is 9.47 Å². The lowest BCUT2D eigenvalue weighted by Crippen LogP contribution is -2.62. The van der Waals surface area contributed by atoms with E-state index in [1.165, 1.54) is 209 Å². The minimum Gasteiger partial charge on any atom is -0.358 e. The molecule has 12 aliphatic rings. The van der Waals surface area contributed by atoms with E-state index in [2.05, 4.69) is 212 Å². The van der Waals surface area contributed by atoms with Crippen LogP contribution in [0.3, 0.4) is 0 Å². The van der Waals surface area contributed by atoms with Crippen LogP contribution in [0.25, 0.3) is 27.5 Å². The molecule has 5 nitrogen and oxygen atoms in total. The maximum atomic E-state index is 8.91. The highest BCUT2D eigenvalue weighted by Crippen LogP contribution is 2.73. The highest BCUT2D eigenvalue weighted by molar-refractivity contribution is 7.00. The number of fused-ring (bicyclic) bond motifs is 25. The fourth-order valence-corrected chi connectivity index (χ4v) is 26.9. The molecule has 0 amide bonds. The molecule has 1 aromatic heterocycles. The van der Waals surface area contributed by atoms with Crippen molar-refractivity contribution in [2.45, 2.75) is 208 Å². The third kappa shape index (κ3) is 7.89. The molecule has 8 fully saturated rings. The number of nitrogens with zero attached hydrogens (tertiary/aromatic N) is 3. The predicted octanol–water partition coefficient (Wildman–Crippen LogP) is 21.1. The number of hydrogen-bond acceptors (Lipinski definition) is 4. The summed E-state index contributed by atoms with van der Waals surface area (Å²) in [6, 6.07) is 50.1. The van der Waals surface area contributed by atoms with Gasteiger partial charge in [-0.3, -0.25) is 0 Å². The molecule has 19 unspecified atom stereocenters. The van der Waals surface area contributed by atoms with E-state index in [0.29, 0.717) is 65.1 Å². The zero-order valence-corrected chi connectivity index (χ0v) is 59.0. The smallest absolute Gasteiger partial charge is 0.252 e. The number of aromatic nitrogens is 1. The van der Waals surface area contributed by atoms with Gasteiger partial charge in [0.1, 0.15) is 16.8 Å². The van der Waals surface area contributed by atoms with Gasteiger partial charge in [-0.05, 0) is 330 Å². The molecular weight excluding hydrogens is 1150 g/mol. The van der Waals surface area contributed by atoms with Gasteiger partial charge in [0.05, 0.1) is 22.3 Å². The number of aryl methyl sites for hydroxylation is 4. The molecule has 8 aromatic rings. The Balaban J connectivity index is 0.938. The SMILES string of the molecule is CCC1CC2CC(C1)C1(C2)OC2(c3cc4c(cc31)B1c3cc5c(cc3N(c3ccccc3)c3cc(-n6c7c(C)cc(C)cc7c7cc(C)cc(C)c76)cc(c31)N4c1ccccc1)C1(OC53C(C)CC4CC(C)CC3C4)C(C)CC3CC(C)CC1C3)C(C)CC1CC(C)CC2C1. The Labute approximate surface area is 567 Å². The van der Waals surface area contributed by atoms with Crippen LogP contribution in [0.4, 0.5) is 34.1 Å². The molecule has 0 N–H and O–H groups in total. The van der Waals surface area contributed by atoms with Crippen LogP contribution in [0.1, 0.15) is 202 Å². The summed E-state index contributed by atoms with van der Waals surface area (Å²) in [6.45, 7) is 27.5. The van der Waals surface area contributed by atoms with Crippen molar-refractivity contribution in [2.75, 3.05) is 9.80 Å². The lowest BCUT2D eigenvalue weighted by Gasteiger charge is -2.57. The molecule has 6 heteroatoms. The number of hydrogen-bond donors (Lipinski definition) is 0. The van der Waals surface area contributed by atoms with E-state index in [1.54, 1.807) is 22.3 Å². The molecule has 19 atom stereocenters. The summed E-state index contributed by atoms with van der Waals surface area (Å²) in [5, 5.41) is 2.68. The summed E-state index contributed by atoms with van der Waals surface area (Å²) in [5.74, 6) is 9.14. The second-order valence-corrected chi connectivity index (χ2v) is 35.6. The molecule has 20 rings (SSSR count). The molecule has 8 aliphatic carbocycles. The number of benzene rings is 7. The molecule has 0 radical (unpaired) electrons. The summed E-state index contributed by atoms with van der Waals surface area (Å²) in [5.41, 5.74) is 26.2. The largest absolute Gasteiger partial charge is 0.358 e. The molecule has 7 aromatic carbocycles. The Bertz CT molecular complexity index is 4430. The monoisotopic (exact) mass is 1260 g/mol. The number of anilines is 6. The zero-order valence-electron chi connectivity index (χ0n) is 59.0. The average molecular weight is 1260 g/mol. The van der Waals surface area contributed by atoms with Gasteiger partial charge in [0.25, 0.3) is 6.71 Å². The topological polar surface area (TPSA) is 29.9 Å². The van der Waals surface area contributed by atoms with Gasteiger partial charge in [-0.15, -0.1) is 0 Å². The number of ether oxygens (including phenoxy) is 2. The van der Waals surface area contributed by atoms with E-state index < -0.39 is 0 Å². The fourth-order valence-electron chi connectivity index (χ4n) is 26.9. The maximum absolute atomic E-state index is 8.91. The minimum absolute atomic E-state index is 0.0597. The molecule has 0 saturated heterocycles. The predicted molar refractivity (Wildman–Crippen MR) is 393 cm³/mol.